The number of fused-ring (bicyclic) bond motifs is 1. The van der Waals surface area contributed by atoms with E-state index in [4.69, 9.17) is 4.98 Å². The molecule has 0 radical (unpaired) electrons. The summed E-state index contributed by atoms with van der Waals surface area (Å²) in [6.45, 7) is 11.5. The standard InChI is InChI=1S/C23H30N4O2S/c1-5-11-18-25-22-19(23(29)27(18)15-14-26(6-2)7-3)16(4)20(30-22)21(28)24-17-12-9-8-10-13-17/h8-10,12-13H,5-7,11,14-15H2,1-4H3,(H,24,28). The fourth-order valence-electron chi connectivity index (χ4n) is 3.61. The van der Waals surface area contributed by atoms with Crippen LogP contribution in [0, 0.1) is 6.92 Å². The van der Waals surface area contributed by atoms with Crippen LogP contribution in [0.2, 0.25) is 0 Å². The molecular formula is C23H30N4O2S. The van der Waals surface area contributed by atoms with Gasteiger partial charge in [0.25, 0.3) is 11.5 Å². The highest BCUT2D eigenvalue weighted by atomic mass is 32.1. The number of nitrogens with one attached hydrogen (secondary N) is 1. The van der Waals surface area contributed by atoms with Crippen LogP contribution in [0.4, 0.5) is 5.69 Å². The molecule has 30 heavy (non-hydrogen) atoms. The SMILES string of the molecule is CCCc1nc2sc(C(=O)Nc3ccccc3)c(C)c2c(=O)n1CCN(CC)CC. The summed E-state index contributed by atoms with van der Waals surface area (Å²) in [4.78, 5) is 34.6. The predicted octanol–water partition coefficient (Wildman–Crippen LogP) is 4.31. The molecule has 0 fully saturated rings. The van der Waals surface area contributed by atoms with E-state index in [9.17, 15) is 9.59 Å². The van der Waals surface area contributed by atoms with E-state index < -0.39 is 0 Å². The number of benzene rings is 1. The number of thiophene rings is 1. The van der Waals surface area contributed by atoms with Gasteiger partial charge in [-0.1, -0.05) is 39.0 Å². The minimum atomic E-state index is -0.201. The van der Waals surface area contributed by atoms with Gasteiger partial charge in [-0.05, 0) is 44.1 Å². The van der Waals surface area contributed by atoms with E-state index >= 15 is 0 Å². The molecule has 0 aliphatic heterocycles. The molecule has 160 valence electrons. The number of hydrogen-bond donors (Lipinski definition) is 1. The van der Waals surface area contributed by atoms with Gasteiger partial charge in [-0.15, -0.1) is 11.3 Å². The van der Waals surface area contributed by atoms with Crippen molar-refractivity contribution < 1.29 is 4.79 Å². The lowest BCUT2D eigenvalue weighted by Crippen LogP contribution is -2.33. The maximum absolute atomic E-state index is 13.4. The number of aromatic nitrogens is 2. The fourth-order valence-corrected chi connectivity index (χ4v) is 4.70. The summed E-state index contributed by atoms with van der Waals surface area (Å²) in [7, 11) is 0. The summed E-state index contributed by atoms with van der Waals surface area (Å²) in [6.07, 6.45) is 1.65. The summed E-state index contributed by atoms with van der Waals surface area (Å²) in [6, 6.07) is 9.35. The summed E-state index contributed by atoms with van der Waals surface area (Å²) in [5, 5.41) is 3.48. The minimum absolute atomic E-state index is 0.0388. The molecule has 1 aromatic carbocycles. The van der Waals surface area contributed by atoms with Crippen molar-refractivity contribution in [3.63, 3.8) is 0 Å². The van der Waals surface area contributed by atoms with E-state index in [0.29, 0.717) is 27.2 Å². The topological polar surface area (TPSA) is 67.2 Å². The van der Waals surface area contributed by atoms with Gasteiger partial charge >= 0.3 is 0 Å². The lowest BCUT2D eigenvalue weighted by molar-refractivity contribution is 0.103. The van der Waals surface area contributed by atoms with Crippen LogP contribution in [0.15, 0.2) is 35.1 Å². The first-order valence-electron chi connectivity index (χ1n) is 10.6. The summed E-state index contributed by atoms with van der Waals surface area (Å²) in [5.41, 5.74) is 1.40. The quantitative estimate of drug-likeness (QED) is 0.554. The maximum Gasteiger partial charge on any atom is 0.266 e. The largest absolute Gasteiger partial charge is 0.321 e. The molecule has 3 rings (SSSR count). The lowest BCUT2D eigenvalue weighted by Gasteiger charge is -2.20. The van der Waals surface area contributed by atoms with Crippen LogP contribution in [0.1, 0.15) is 48.3 Å². The van der Waals surface area contributed by atoms with Crippen molar-refractivity contribution in [2.24, 2.45) is 0 Å². The average Bonchev–Trinajstić information content (AvgIpc) is 3.08. The number of likely N-dealkylation sites (N-methyl/N-ethyl adjacent to an activating group) is 1. The zero-order valence-corrected chi connectivity index (χ0v) is 19.0. The van der Waals surface area contributed by atoms with E-state index in [-0.39, 0.29) is 11.5 Å². The number of hydrogen-bond acceptors (Lipinski definition) is 5. The van der Waals surface area contributed by atoms with Gasteiger partial charge in [-0.25, -0.2) is 4.98 Å². The normalized spacial score (nSPS) is 11.4. The summed E-state index contributed by atoms with van der Waals surface area (Å²) >= 11 is 1.30. The molecule has 0 aliphatic carbocycles. The first kappa shape index (κ1) is 22.2. The zero-order valence-electron chi connectivity index (χ0n) is 18.2. The highest BCUT2D eigenvalue weighted by Gasteiger charge is 2.21. The Morgan fingerprint density at radius 1 is 1.17 bits per heavy atom. The van der Waals surface area contributed by atoms with Crippen molar-refractivity contribution in [2.75, 3.05) is 25.0 Å². The molecule has 2 heterocycles. The Hall–Kier alpha value is -2.51. The van der Waals surface area contributed by atoms with Crippen molar-refractivity contribution in [1.29, 1.82) is 0 Å². The fraction of sp³-hybridized carbons (Fsp3) is 0.435. The van der Waals surface area contributed by atoms with E-state index in [2.05, 4.69) is 31.0 Å². The molecule has 0 saturated heterocycles. The van der Waals surface area contributed by atoms with Gasteiger partial charge in [-0.2, -0.15) is 0 Å². The number of rotatable bonds is 9. The van der Waals surface area contributed by atoms with Crippen LogP contribution < -0.4 is 10.9 Å². The molecule has 0 atom stereocenters. The third-order valence-electron chi connectivity index (χ3n) is 5.38. The summed E-state index contributed by atoms with van der Waals surface area (Å²) < 4.78 is 1.81. The highest BCUT2D eigenvalue weighted by molar-refractivity contribution is 7.20. The average molecular weight is 427 g/mol. The molecule has 0 aliphatic rings. The number of anilines is 1. The molecule has 3 aromatic rings. The van der Waals surface area contributed by atoms with E-state index in [0.717, 1.165) is 44.0 Å². The number of carbonyl (C=O) groups is 1. The van der Waals surface area contributed by atoms with Crippen LogP contribution in [-0.4, -0.2) is 40.0 Å². The molecule has 0 saturated carbocycles. The number of para-hydroxylation sites is 1. The van der Waals surface area contributed by atoms with Gasteiger partial charge in [-0.3, -0.25) is 14.2 Å². The van der Waals surface area contributed by atoms with Gasteiger partial charge in [0, 0.05) is 25.2 Å². The monoisotopic (exact) mass is 426 g/mol. The van der Waals surface area contributed by atoms with Gasteiger partial charge < -0.3 is 10.2 Å². The molecular weight excluding hydrogens is 396 g/mol. The Morgan fingerprint density at radius 2 is 1.87 bits per heavy atom. The molecule has 0 spiro atoms. The number of amides is 1. The molecule has 1 amide bonds. The Labute approximate surface area is 181 Å². The van der Waals surface area contributed by atoms with Crippen LogP contribution in [0.3, 0.4) is 0 Å². The van der Waals surface area contributed by atoms with E-state index in [1.54, 1.807) is 0 Å². The second-order valence-electron chi connectivity index (χ2n) is 7.32. The van der Waals surface area contributed by atoms with Crippen LogP contribution in [0.5, 0.6) is 0 Å². The molecule has 1 N–H and O–H groups in total. The van der Waals surface area contributed by atoms with Gasteiger partial charge in [0.05, 0.1) is 10.3 Å². The van der Waals surface area contributed by atoms with E-state index in [1.807, 2.05) is 41.8 Å². The first-order valence-corrected chi connectivity index (χ1v) is 11.4. The molecule has 6 nitrogen and oxygen atoms in total. The highest BCUT2D eigenvalue weighted by Crippen LogP contribution is 2.28. The lowest BCUT2D eigenvalue weighted by atomic mass is 10.2. The number of aryl methyl sites for hydroxylation is 2. The van der Waals surface area contributed by atoms with Crippen molar-refractivity contribution in [1.82, 2.24) is 14.5 Å². The van der Waals surface area contributed by atoms with Gasteiger partial charge in [0.15, 0.2) is 0 Å². The zero-order chi connectivity index (χ0) is 21.7. The first-order chi connectivity index (χ1) is 14.5. The predicted molar refractivity (Wildman–Crippen MR) is 125 cm³/mol. The molecule has 2 aromatic heterocycles. The second kappa shape index (κ2) is 10.00. The molecule has 7 heteroatoms. The van der Waals surface area contributed by atoms with Crippen molar-refractivity contribution in [2.45, 2.75) is 47.1 Å². The van der Waals surface area contributed by atoms with Crippen molar-refractivity contribution >= 4 is 33.1 Å². The molecule has 0 unspecified atom stereocenters. The Balaban J connectivity index is 2.01. The number of nitrogens with zero attached hydrogens (tertiary/aromatic N) is 3. The van der Waals surface area contributed by atoms with E-state index in [1.165, 1.54) is 11.3 Å². The maximum atomic E-state index is 13.4. The Bertz CT molecular complexity index is 1070. The van der Waals surface area contributed by atoms with Crippen LogP contribution in [-0.2, 0) is 13.0 Å². The van der Waals surface area contributed by atoms with Gasteiger partial charge in [0.2, 0.25) is 0 Å². The third-order valence-corrected chi connectivity index (χ3v) is 6.56. The van der Waals surface area contributed by atoms with Crippen molar-refractivity contribution in [3.8, 4) is 0 Å². The minimum Gasteiger partial charge on any atom is -0.321 e. The summed E-state index contributed by atoms with van der Waals surface area (Å²) in [5.74, 6) is 0.603. The van der Waals surface area contributed by atoms with Crippen LogP contribution >= 0.6 is 11.3 Å². The number of carbonyl (C=O) groups excluding carboxylic acids is 1. The van der Waals surface area contributed by atoms with Crippen molar-refractivity contribution in [3.05, 3.63) is 57.0 Å². The molecule has 0 bridgehead atoms. The third kappa shape index (κ3) is 4.63. The second-order valence-corrected chi connectivity index (χ2v) is 8.32. The smallest absolute Gasteiger partial charge is 0.266 e. The Kier molecular flexibility index (Phi) is 7.39. The van der Waals surface area contributed by atoms with Crippen LogP contribution in [0.25, 0.3) is 10.2 Å². The Morgan fingerprint density at radius 3 is 2.50 bits per heavy atom. The van der Waals surface area contributed by atoms with Gasteiger partial charge in [0.1, 0.15) is 10.7 Å².